The number of unbranched alkanes of at least 4 members (excludes halogenated alkanes) is 5. The molecule has 0 saturated carbocycles. The maximum Gasteiger partial charge on any atom is 0.305 e. The summed E-state index contributed by atoms with van der Waals surface area (Å²) in [6, 6.07) is 1.03. The molecular weight excluding hydrogens is 272 g/mol. The third-order valence-corrected chi connectivity index (χ3v) is 4.84. The van der Waals surface area contributed by atoms with E-state index in [1.54, 1.807) is 0 Å². The molecule has 20 heavy (non-hydrogen) atoms. The lowest BCUT2D eigenvalue weighted by Gasteiger charge is -2.15. The van der Waals surface area contributed by atoms with Crippen LogP contribution < -0.4 is 0 Å². The Morgan fingerprint density at radius 2 is 1.40 bits per heavy atom. The highest BCUT2D eigenvalue weighted by molar-refractivity contribution is 6.76. The molecule has 0 rings (SSSR count). The summed E-state index contributed by atoms with van der Waals surface area (Å²) in [5.41, 5.74) is 0. The van der Waals surface area contributed by atoms with Crippen molar-refractivity contribution in [2.24, 2.45) is 0 Å². The summed E-state index contributed by atoms with van der Waals surface area (Å²) in [4.78, 5) is 21.8. The molecule has 0 aliphatic rings. The number of rotatable bonds is 12. The van der Waals surface area contributed by atoms with Crippen LogP contribution in [0.15, 0.2) is 0 Å². The fourth-order valence-corrected chi connectivity index (χ4v) is 2.51. The molecule has 0 aromatic carbocycles. The average Bonchev–Trinajstić information content (AvgIpc) is 2.30. The molecule has 0 aliphatic heterocycles. The van der Waals surface area contributed by atoms with Crippen molar-refractivity contribution in [1.82, 2.24) is 0 Å². The molecule has 0 amide bonds. The van der Waals surface area contributed by atoms with Gasteiger partial charge in [-0.25, -0.2) is 0 Å². The largest absolute Gasteiger partial charge is 0.481 e. The number of carbonyl (C=O) groups is 2. The van der Waals surface area contributed by atoms with Crippen LogP contribution in [-0.4, -0.2) is 31.7 Å². The predicted octanol–water partition coefficient (Wildman–Crippen LogP) is 4.07. The molecule has 0 heterocycles. The van der Waals surface area contributed by atoms with Gasteiger partial charge in [0.1, 0.15) is 0 Å². The van der Waals surface area contributed by atoms with Gasteiger partial charge in [0.2, 0.25) is 0 Å². The molecule has 0 radical (unpaired) electrons. The van der Waals surface area contributed by atoms with Gasteiger partial charge in [-0.15, -0.1) is 0 Å². The zero-order chi connectivity index (χ0) is 15.4. The summed E-state index contributed by atoms with van der Waals surface area (Å²) in [7, 11) is -1.11. The Morgan fingerprint density at radius 3 is 1.90 bits per heavy atom. The number of ether oxygens (including phenoxy) is 1. The second-order valence-electron chi connectivity index (χ2n) is 6.55. The normalized spacial score (nSPS) is 11.3. The van der Waals surface area contributed by atoms with E-state index < -0.39 is 14.0 Å². The molecule has 1 N–H and O–H groups in total. The van der Waals surface area contributed by atoms with Crippen molar-refractivity contribution in [3.05, 3.63) is 0 Å². The molecule has 0 aromatic rings. The van der Waals surface area contributed by atoms with Gasteiger partial charge in [0.15, 0.2) is 0 Å². The number of hydrogen-bond acceptors (Lipinski definition) is 3. The van der Waals surface area contributed by atoms with Gasteiger partial charge < -0.3 is 9.84 Å². The van der Waals surface area contributed by atoms with Gasteiger partial charge in [-0.1, -0.05) is 45.3 Å². The maximum atomic E-state index is 11.5. The summed E-state index contributed by atoms with van der Waals surface area (Å²) in [6.45, 7) is 7.38. The number of esters is 1. The molecule has 0 atom stereocenters. The first kappa shape index (κ1) is 19.2. The fourth-order valence-electron chi connectivity index (χ4n) is 1.80. The Bertz CT molecular complexity index is 284. The topological polar surface area (TPSA) is 63.6 Å². The van der Waals surface area contributed by atoms with Gasteiger partial charge >= 0.3 is 11.9 Å². The average molecular weight is 302 g/mol. The van der Waals surface area contributed by atoms with Crippen LogP contribution in [0.5, 0.6) is 0 Å². The Hall–Kier alpha value is -0.843. The zero-order valence-electron chi connectivity index (χ0n) is 13.2. The molecule has 0 spiro atoms. The first-order valence-electron chi connectivity index (χ1n) is 7.69. The summed E-state index contributed by atoms with van der Waals surface area (Å²) in [5, 5.41) is 8.49. The third-order valence-electron chi connectivity index (χ3n) is 3.14. The molecule has 0 aromatic heterocycles. The number of carboxylic acid groups (broad SMARTS) is 1. The van der Waals surface area contributed by atoms with Crippen LogP contribution in [0.1, 0.15) is 51.4 Å². The minimum absolute atomic E-state index is 0.0749. The molecule has 118 valence electrons. The molecule has 5 heteroatoms. The van der Waals surface area contributed by atoms with Gasteiger partial charge in [0.25, 0.3) is 0 Å². The first-order valence-corrected chi connectivity index (χ1v) is 11.4. The lowest BCUT2D eigenvalue weighted by molar-refractivity contribution is -0.143. The molecule has 0 saturated heterocycles. The molecule has 0 aliphatic carbocycles. The zero-order valence-corrected chi connectivity index (χ0v) is 14.2. The quantitative estimate of drug-likeness (QED) is 0.335. The van der Waals surface area contributed by atoms with Crippen LogP contribution in [-0.2, 0) is 14.3 Å². The van der Waals surface area contributed by atoms with Crippen LogP contribution in [0, 0.1) is 0 Å². The number of carbonyl (C=O) groups excluding carboxylic acids is 1. The summed E-state index contributed by atoms with van der Waals surface area (Å²) < 4.78 is 5.22. The van der Waals surface area contributed by atoms with Crippen LogP contribution in [0.2, 0.25) is 25.7 Å². The smallest absolute Gasteiger partial charge is 0.305 e. The van der Waals surface area contributed by atoms with Gasteiger partial charge in [0.05, 0.1) is 6.61 Å². The third kappa shape index (κ3) is 15.2. The van der Waals surface area contributed by atoms with E-state index in [-0.39, 0.29) is 12.4 Å². The molecule has 0 unspecified atom stereocenters. The Labute approximate surface area is 123 Å². The SMILES string of the molecule is C[Si](C)(C)CCOC(=O)CCCCCCCCC(=O)O. The monoisotopic (exact) mass is 302 g/mol. The summed E-state index contributed by atoms with van der Waals surface area (Å²) >= 11 is 0. The first-order chi connectivity index (χ1) is 9.31. The van der Waals surface area contributed by atoms with Gasteiger partial charge in [0, 0.05) is 20.9 Å². The molecular formula is C15H30O4Si. The predicted molar refractivity (Wildman–Crippen MR) is 83.7 cm³/mol. The van der Waals surface area contributed by atoms with Crippen LogP contribution >= 0.6 is 0 Å². The van der Waals surface area contributed by atoms with Crippen molar-refractivity contribution < 1.29 is 19.4 Å². The van der Waals surface area contributed by atoms with Gasteiger partial charge in [-0.3, -0.25) is 9.59 Å². The maximum absolute atomic E-state index is 11.5. The lowest BCUT2D eigenvalue weighted by Crippen LogP contribution is -2.22. The van der Waals surface area contributed by atoms with Crippen molar-refractivity contribution in [3.63, 3.8) is 0 Å². The van der Waals surface area contributed by atoms with E-state index in [0.29, 0.717) is 13.0 Å². The van der Waals surface area contributed by atoms with Crippen LogP contribution in [0.3, 0.4) is 0 Å². The Morgan fingerprint density at radius 1 is 0.900 bits per heavy atom. The highest BCUT2D eigenvalue weighted by Gasteiger charge is 2.13. The van der Waals surface area contributed by atoms with Crippen molar-refractivity contribution in [1.29, 1.82) is 0 Å². The standard InChI is InChI=1S/C15H30O4Si/c1-20(2,3)13-12-19-15(18)11-9-7-5-4-6-8-10-14(16)17/h4-13H2,1-3H3,(H,16,17). The molecule has 0 bridgehead atoms. The van der Waals surface area contributed by atoms with E-state index in [1.165, 1.54) is 0 Å². The van der Waals surface area contributed by atoms with Crippen LogP contribution in [0.4, 0.5) is 0 Å². The van der Waals surface area contributed by atoms with Crippen LogP contribution in [0.25, 0.3) is 0 Å². The Kier molecular flexibility index (Phi) is 10.4. The van der Waals surface area contributed by atoms with Crippen molar-refractivity contribution in [2.45, 2.75) is 77.1 Å². The van der Waals surface area contributed by atoms with Crippen molar-refractivity contribution in [3.8, 4) is 0 Å². The highest BCUT2D eigenvalue weighted by Crippen LogP contribution is 2.10. The highest BCUT2D eigenvalue weighted by atomic mass is 28.3. The number of aliphatic carboxylic acids is 1. The van der Waals surface area contributed by atoms with E-state index in [4.69, 9.17) is 9.84 Å². The van der Waals surface area contributed by atoms with E-state index in [1.807, 2.05) is 0 Å². The summed E-state index contributed by atoms with van der Waals surface area (Å²) in [6.07, 6.45) is 6.53. The number of carboxylic acids is 1. The summed E-state index contributed by atoms with van der Waals surface area (Å²) in [5.74, 6) is -0.791. The van der Waals surface area contributed by atoms with Crippen molar-refractivity contribution >= 4 is 20.0 Å². The van der Waals surface area contributed by atoms with Gasteiger partial charge in [-0.05, 0) is 18.9 Å². The van der Waals surface area contributed by atoms with E-state index in [9.17, 15) is 9.59 Å². The van der Waals surface area contributed by atoms with E-state index in [2.05, 4.69) is 19.6 Å². The second-order valence-corrected chi connectivity index (χ2v) is 12.2. The Balaban J connectivity index is 3.29. The molecule has 4 nitrogen and oxygen atoms in total. The van der Waals surface area contributed by atoms with E-state index >= 15 is 0 Å². The minimum atomic E-state index is -1.11. The fraction of sp³-hybridized carbons (Fsp3) is 0.867. The number of hydrogen-bond donors (Lipinski definition) is 1. The van der Waals surface area contributed by atoms with E-state index in [0.717, 1.165) is 44.6 Å². The molecule has 0 fully saturated rings. The van der Waals surface area contributed by atoms with Gasteiger partial charge in [-0.2, -0.15) is 0 Å². The van der Waals surface area contributed by atoms with Crippen molar-refractivity contribution in [2.75, 3.05) is 6.61 Å². The minimum Gasteiger partial charge on any atom is -0.481 e. The second kappa shape index (κ2) is 10.9. The lowest BCUT2D eigenvalue weighted by atomic mass is 10.1.